The third kappa shape index (κ3) is 2.72. The number of anilines is 1. The van der Waals surface area contributed by atoms with Crippen LogP contribution in [0.1, 0.15) is 16.2 Å². The fourth-order valence-electron chi connectivity index (χ4n) is 2.08. The Morgan fingerprint density at radius 3 is 2.61 bits per heavy atom. The first kappa shape index (κ1) is 14.9. The Bertz CT molecular complexity index is 781. The van der Waals surface area contributed by atoms with Crippen LogP contribution in [0.5, 0.6) is 5.75 Å². The highest BCUT2D eigenvalue weighted by atomic mass is 19.3. The summed E-state index contributed by atoms with van der Waals surface area (Å²) in [5.74, 6) is -2.63. The van der Waals surface area contributed by atoms with Gasteiger partial charge in [0.15, 0.2) is 11.6 Å². The Hall–Kier alpha value is -2.97. The normalized spacial score (nSPS) is 15.8. The Balaban J connectivity index is 2.02. The maximum Gasteiger partial charge on any atom is 0.482 e. The Labute approximate surface area is 127 Å². The predicted octanol–water partition coefficient (Wildman–Crippen LogP) is 1.95. The van der Waals surface area contributed by atoms with Crippen molar-refractivity contribution in [2.45, 2.75) is 12.7 Å². The molecule has 1 aliphatic rings. The SMILES string of the molecule is O=Cc1ccc2c(c1)OC(F)(F)C(=O)N2Cc1ncc(F)cn1. The van der Waals surface area contributed by atoms with Gasteiger partial charge in [0.25, 0.3) is 0 Å². The molecule has 3 rings (SSSR count). The molecule has 118 valence electrons. The van der Waals surface area contributed by atoms with Gasteiger partial charge in [-0.1, -0.05) is 0 Å². The number of amides is 1. The molecular formula is C14H8F3N3O3. The third-order valence-electron chi connectivity index (χ3n) is 3.12. The summed E-state index contributed by atoms with van der Waals surface area (Å²) in [4.78, 5) is 30.6. The molecule has 6 nitrogen and oxygen atoms in total. The highest BCUT2D eigenvalue weighted by Gasteiger charge is 2.50. The molecule has 23 heavy (non-hydrogen) atoms. The number of carbonyl (C=O) groups is 2. The van der Waals surface area contributed by atoms with Gasteiger partial charge in [0, 0.05) is 5.56 Å². The number of fused-ring (bicyclic) bond motifs is 1. The maximum atomic E-state index is 13.7. The van der Waals surface area contributed by atoms with Crippen molar-refractivity contribution in [2.75, 3.05) is 4.90 Å². The van der Waals surface area contributed by atoms with Crippen LogP contribution in [0.25, 0.3) is 0 Å². The molecule has 0 spiro atoms. The minimum atomic E-state index is -4.09. The summed E-state index contributed by atoms with van der Waals surface area (Å²) in [5.41, 5.74) is 0.159. The molecule has 9 heteroatoms. The molecule has 0 aliphatic carbocycles. The number of hydrogen-bond donors (Lipinski definition) is 0. The summed E-state index contributed by atoms with van der Waals surface area (Å²) in [6, 6.07) is 3.75. The molecule has 1 aromatic carbocycles. The van der Waals surface area contributed by atoms with E-state index in [4.69, 9.17) is 0 Å². The summed E-state index contributed by atoms with van der Waals surface area (Å²) >= 11 is 0. The number of ether oxygens (including phenoxy) is 1. The molecule has 0 N–H and O–H groups in total. The highest BCUT2D eigenvalue weighted by Crippen LogP contribution is 2.40. The van der Waals surface area contributed by atoms with E-state index in [1.807, 2.05) is 0 Å². The molecule has 0 saturated heterocycles. The topological polar surface area (TPSA) is 72.4 Å². The monoisotopic (exact) mass is 323 g/mol. The number of carbonyl (C=O) groups excluding carboxylic acids is 2. The molecule has 1 aliphatic heterocycles. The molecule has 0 fully saturated rings. The van der Waals surface area contributed by atoms with E-state index in [9.17, 15) is 22.8 Å². The minimum Gasteiger partial charge on any atom is -0.423 e. The molecule has 2 heterocycles. The molecule has 1 amide bonds. The van der Waals surface area contributed by atoms with Gasteiger partial charge in [0.2, 0.25) is 0 Å². The summed E-state index contributed by atoms with van der Waals surface area (Å²) in [6.45, 7) is -0.397. The van der Waals surface area contributed by atoms with Crippen molar-refractivity contribution in [1.82, 2.24) is 9.97 Å². The lowest BCUT2D eigenvalue weighted by Gasteiger charge is -2.33. The van der Waals surface area contributed by atoms with Gasteiger partial charge in [0.05, 0.1) is 24.6 Å². The minimum absolute atomic E-state index is 0.0251. The van der Waals surface area contributed by atoms with E-state index < -0.39 is 24.4 Å². The van der Waals surface area contributed by atoms with Crippen LogP contribution in [0.3, 0.4) is 0 Å². The quantitative estimate of drug-likeness (QED) is 0.807. The summed E-state index contributed by atoms with van der Waals surface area (Å²) in [5, 5.41) is 0. The molecule has 0 unspecified atom stereocenters. The second kappa shape index (κ2) is 5.34. The number of alkyl halides is 2. The highest BCUT2D eigenvalue weighted by molar-refractivity contribution is 6.01. The number of benzene rings is 1. The van der Waals surface area contributed by atoms with Gasteiger partial charge in [-0.05, 0) is 18.2 Å². The van der Waals surface area contributed by atoms with Crippen molar-refractivity contribution < 1.29 is 27.5 Å². The number of nitrogens with zero attached hydrogens (tertiary/aromatic N) is 3. The van der Waals surface area contributed by atoms with Crippen molar-refractivity contribution in [1.29, 1.82) is 0 Å². The van der Waals surface area contributed by atoms with Crippen LogP contribution in [-0.4, -0.2) is 28.3 Å². The van der Waals surface area contributed by atoms with Crippen molar-refractivity contribution >= 4 is 17.9 Å². The van der Waals surface area contributed by atoms with E-state index in [1.54, 1.807) is 0 Å². The van der Waals surface area contributed by atoms with Crippen LogP contribution in [0.2, 0.25) is 0 Å². The Morgan fingerprint density at radius 2 is 1.96 bits per heavy atom. The number of halogens is 3. The van der Waals surface area contributed by atoms with Crippen LogP contribution >= 0.6 is 0 Å². The molecule has 0 atom stereocenters. The Morgan fingerprint density at radius 1 is 1.26 bits per heavy atom. The molecule has 0 radical (unpaired) electrons. The zero-order valence-electron chi connectivity index (χ0n) is 11.4. The standard InChI is InChI=1S/C14H8F3N3O3/c15-9-4-18-12(19-5-9)6-20-10-2-1-8(7-21)3-11(10)23-14(16,17)13(20)22/h1-5,7H,6H2. The summed E-state index contributed by atoms with van der Waals surface area (Å²) in [6.07, 6.45) is -1.90. The number of hydrogen-bond acceptors (Lipinski definition) is 5. The lowest BCUT2D eigenvalue weighted by atomic mass is 10.1. The van der Waals surface area contributed by atoms with Gasteiger partial charge in [-0.3, -0.25) is 14.5 Å². The smallest absolute Gasteiger partial charge is 0.423 e. The average molecular weight is 323 g/mol. The van der Waals surface area contributed by atoms with Gasteiger partial charge in [-0.25, -0.2) is 14.4 Å². The van der Waals surface area contributed by atoms with Gasteiger partial charge in [-0.15, -0.1) is 0 Å². The maximum absolute atomic E-state index is 13.7. The van der Waals surface area contributed by atoms with Gasteiger partial charge >= 0.3 is 12.0 Å². The van der Waals surface area contributed by atoms with Crippen LogP contribution in [0.15, 0.2) is 30.6 Å². The van der Waals surface area contributed by atoms with E-state index in [1.165, 1.54) is 12.1 Å². The van der Waals surface area contributed by atoms with Crippen molar-refractivity contribution in [3.63, 3.8) is 0 Å². The largest absolute Gasteiger partial charge is 0.482 e. The first-order chi connectivity index (χ1) is 10.9. The van der Waals surface area contributed by atoms with Crippen LogP contribution in [0, 0.1) is 5.82 Å². The van der Waals surface area contributed by atoms with E-state index in [0.29, 0.717) is 6.29 Å². The van der Waals surface area contributed by atoms with Gasteiger partial charge in [0.1, 0.15) is 12.1 Å². The van der Waals surface area contributed by atoms with E-state index in [-0.39, 0.29) is 22.8 Å². The Kier molecular flexibility index (Phi) is 3.47. The van der Waals surface area contributed by atoms with E-state index >= 15 is 0 Å². The van der Waals surface area contributed by atoms with Crippen LogP contribution < -0.4 is 9.64 Å². The molecule has 0 saturated carbocycles. The van der Waals surface area contributed by atoms with E-state index in [0.717, 1.165) is 23.4 Å². The summed E-state index contributed by atoms with van der Waals surface area (Å²) in [7, 11) is 0. The third-order valence-corrected chi connectivity index (χ3v) is 3.12. The van der Waals surface area contributed by atoms with Gasteiger partial charge < -0.3 is 4.74 Å². The van der Waals surface area contributed by atoms with E-state index in [2.05, 4.69) is 14.7 Å². The van der Waals surface area contributed by atoms with Gasteiger partial charge in [-0.2, -0.15) is 8.78 Å². The van der Waals surface area contributed by atoms with Crippen molar-refractivity contribution in [2.24, 2.45) is 0 Å². The van der Waals surface area contributed by atoms with Crippen molar-refractivity contribution in [3.05, 3.63) is 47.8 Å². The number of aldehydes is 1. The van der Waals surface area contributed by atoms with Crippen LogP contribution in [-0.2, 0) is 11.3 Å². The lowest BCUT2D eigenvalue weighted by molar-refractivity contribution is -0.193. The summed E-state index contributed by atoms with van der Waals surface area (Å²) < 4.78 is 44.6. The van der Waals surface area contributed by atoms with Crippen molar-refractivity contribution in [3.8, 4) is 5.75 Å². The molecule has 0 bridgehead atoms. The second-order valence-corrected chi connectivity index (χ2v) is 4.67. The fourth-order valence-corrected chi connectivity index (χ4v) is 2.08. The second-order valence-electron chi connectivity index (χ2n) is 4.67. The van der Waals surface area contributed by atoms with Crippen LogP contribution in [0.4, 0.5) is 18.9 Å². The first-order valence-corrected chi connectivity index (χ1v) is 6.35. The lowest BCUT2D eigenvalue weighted by Crippen LogP contribution is -2.50. The zero-order valence-corrected chi connectivity index (χ0v) is 11.4. The fraction of sp³-hybridized carbons (Fsp3) is 0.143. The predicted molar refractivity (Wildman–Crippen MR) is 70.6 cm³/mol. The molecule has 1 aromatic heterocycles. The number of aromatic nitrogens is 2. The first-order valence-electron chi connectivity index (χ1n) is 6.35. The number of rotatable bonds is 3. The zero-order chi connectivity index (χ0) is 16.6. The molecule has 2 aromatic rings. The average Bonchev–Trinajstić information content (AvgIpc) is 2.52. The molecular weight excluding hydrogens is 315 g/mol.